The number of allylic oxidation sites excluding steroid dienone is 3. The fraction of sp³-hybridized carbons (Fsp3) is 0.450. The van der Waals surface area contributed by atoms with E-state index in [-0.39, 0.29) is 5.41 Å². The second-order valence-corrected chi connectivity index (χ2v) is 6.72. The van der Waals surface area contributed by atoms with Gasteiger partial charge in [-0.1, -0.05) is 55.8 Å². The summed E-state index contributed by atoms with van der Waals surface area (Å²) in [5.74, 6) is 0. The van der Waals surface area contributed by atoms with E-state index in [9.17, 15) is 4.79 Å². The first kappa shape index (κ1) is 15.8. The zero-order valence-corrected chi connectivity index (χ0v) is 13.5. The van der Waals surface area contributed by atoms with Crippen LogP contribution in [-0.4, -0.2) is 6.29 Å². The lowest BCUT2D eigenvalue weighted by Gasteiger charge is -2.32. The molecule has 0 bridgehead atoms. The van der Waals surface area contributed by atoms with Gasteiger partial charge in [-0.2, -0.15) is 0 Å². The van der Waals surface area contributed by atoms with Crippen molar-refractivity contribution in [2.45, 2.75) is 52.9 Å². The Kier molecular flexibility index (Phi) is 5.17. The van der Waals surface area contributed by atoms with E-state index < -0.39 is 0 Å². The van der Waals surface area contributed by atoms with Crippen LogP contribution in [0, 0.1) is 5.41 Å². The van der Waals surface area contributed by atoms with E-state index in [1.807, 2.05) is 0 Å². The molecule has 1 aliphatic carbocycles. The molecular weight excluding hydrogens is 256 g/mol. The third-order valence-corrected chi connectivity index (χ3v) is 4.49. The molecule has 0 aromatic heterocycles. The van der Waals surface area contributed by atoms with E-state index in [1.54, 1.807) is 0 Å². The maximum absolute atomic E-state index is 10.5. The molecule has 112 valence electrons. The molecule has 0 fully saturated rings. The highest BCUT2D eigenvalue weighted by Gasteiger charge is 2.26. The molecule has 0 heterocycles. The van der Waals surface area contributed by atoms with Crippen LogP contribution in [0.5, 0.6) is 0 Å². The number of aldehydes is 1. The van der Waals surface area contributed by atoms with Gasteiger partial charge in [0.15, 0.2) is 0 Å². The third kappa shape index (κ3) is 4.17. The van der Waals surface area contributed by atoms with Gasteiger partial charge in [0.05, 0.1) is 0 Å². The van der Waals surface area contributed by atoms with Gasteiger partial charge in [-0.25, -0.2) is 0 Å². The summed E-state index contributed by atoms with van der Waals surface area (Å²) in [6, 6.07) is 8.49. The summed E-state index contributed by atoms with van der Waals surface area (Å²) in [6.07, 6.45) is 10.7. The number of benzene rings is 1. The molecule has 0 radical (unpaired) electrons. The summed E-state index contributed by atoms with van der Waals surface area (Å²) in [4.78, 5) is 10.5. The van der Waals surface area contributed by atoms with Gasteiger partial charge in [0.1, 0.15) is 6.29 Å². The van der Waals surface area contributed by atoms with Crippen molar-refractivity contribution >= 4 is 12.4 Å². The molecule has 0 saturated heterocycles. The summed E-state index contributed by atoms with van der Waals surface area (Å²) in [6.45, 7) is 6.95. The van der Waals surface area contributed by atoms with Crippen molar-refractivity contribution in [3.05, 3.63) is 52.6 Å². The van der Waals surface area contributed by atoms with Crippen LogP contribution in [0.2, 0.25) is 0 Å². The molecular formula is C20H26O. The summed E-state index contributed by atoms with van der Waals surface area (Å²) >= 11 is 0. The van der Waals surface area contributed by atoms with E-state index in [0.29, 0.717) is 6.42 Å². The summed E-state index contributed by atoms with van der Waals surface area (Å²) in [5.41, 5.74) is 5.76. The van der Waals surface area contributed by atoms with Crippen LogP contribution in [0.3, 0.4) is 0 Å². The first-order valence-electron chi connectivity index (χ1n) is 7.94. The van der Waals surface area contributed by atoms with Crippen molar-refractivity contribution in [2.75, 3.05) is 0 Å². The van der Waals surface area contributed by atoms with Crippen molar-refractivity contribution in [3.8, 4) is 0 Å². The molecule has 1 aromatic carbocycles. The molecule has 0 atom stereocenters. The van der Waals surface area contributed by atoms with Crippen LogP contribution >= 0.6 is 0 Å². The van der Waals surface area contributed by atoms with Crippen LogP contribution in [-0.2, 0) is 11.2 Å². The molecule has 1 nitrogen and oxygen atoms in total. The highest BCUT2D eigenvalue weighted by Crippen LogP contribution is 2.40. The van der Waals surface area contributed by atoms with E-state index in [0.717, 1.165) is 12.7 Å². The molecule has 0 unspecified atom stereocenters. The number of rotatable bonds is 5. The Morgan fingerprint density at radius 3 is 2.76 bits per heavy atom. The van der Waals surface area contributed by atoms with Gasteiger partial charge in [0.2, 0.25) is 0 Å². The minimum absolute atomic E-state index is 0.286. The Labute approximate surface area is 128 Å². The summed E-state index contributed by atoms with van der Waals surface area (Å²) < 4.78 is 0. The van der Waals surface area contributed by atoms with Gasteiger partial charge >= 0.3 is 0 Å². The molecule has 1 aliphatic rings. The van der Waals surface area contributed by atoms with Crippen molar-refractivity contribution in [3.63, 3.8) is 0 Å². The molecule has 0 N–H and O–H groups in total. The van der Waals surface area contributed by atoms with Crippen LogP contribution in [0.25, 0.3) is 6.08 Å². The van der Waals surface area contributed by atoms with Gasteiger partial charge in [0, 0.05) is 6.42 Å². The quantitative estimate of drug-likeness (QED) is 0.665. The standard InChI is InChI=1S/C20H26O/c1-16-7-5-13-20(2,3)19(16)12-11-18-9-4-8-17(15-18)10-6-14-21/h4,8-9,11-12,14-15H,5-7,10,13H2,1-3H3. The molecule has 1 heteroatoms. The normalized spacial score (nSPS) is 18.2. The number of hydrogen-bond donors (Lipinski definition) is 0. The smallest absolute Gasteiger partial charge is 0.120 e. The first-order chi connectivity index (χ1) is 10.0. The van der Waals surface area contributed by atoms with Crippen LogP contribution in [0.4, 0.5) is 0 Å². The van der Waals surface area contributed by atoms with Crippen LogP contribution < -0.4 is 0 Å². The zero-order chi connectivity index (χ0) is 15.3. The molecule has 0 amide bonds. The Balaban J connectivity index is 2.18. The van der Waals surface area contributed by atoms with Crippen LogP contribution in [0.15, 0.2) is 41.5 Å². The van der Waals surface area contributed by atoms with E-state index in [2.05, 4.69) is 57.2 Å². The Morgan fingerprint density at radius 2 is 2.05 bits per heavy atom. The lowest BCUT2D eigenvalue weighted by molar-refractivity contribution is -0.107. The van der Waals surface area contributed by atoms with Crippen LogP contribution in [0.1, 0.15) is 57.6 Å². The average molecular weight is 282 g/mol. The molecule has 0 spiro atoms. The number of hydrogen-bond acceptors (Lipinski definition) is 1. The minimum atomic E-state index is 0.286. The van der Waals surface area contributed by atoms with Crippen molar-refractivity contribution in [1.29, 1.82) is 0 Å². The maximum Gasteiger partial charge on any atom is 0.120 e. The highest BCUT2D eigenvalue weighted by atomic mass is 16.1. The zero-order valence-electron chi connectivity index (χ0n) is 13.5. The molecule has 1 aromatic rings. The summed E-state index contributed by atoms with van der Waals surface area (Å²) in [7, 11) is 0. The van der Waals surface area contributed by atoms with Gasteiger partial charge < -0.3 is 4.79 Å². The molecule has 0 aliphatic heterocycles. The number of aryl methyl sites for hydroxylation is 1. The highest BCUT2D eigenvalue weighted by molar-refractivity contribution is 5.56. The second kappa shape index (κ2) is 6.89. The molecule has 21 heavy (non-hydrogen) atoms. The fourth-order valence-electron chi connectivity index (χ4n) is 3.27. The second-order valence-electron chi connectivity index (χ2n) is 6.72. The maximum atomic E-state index is 10.5. The monoisotopic (exact) mass is 282 g/mol. The first-order valence-corrected chi connectivity index (χ1v) is 7.94. The van der Waals surface area contributed by atoms with Crippen molar-refractivity contribution in [2.24, 2.45) is 5.41 Å². The Bertz CT molecular complexity index is 561. The SMILES string of the molecule is CC1=C(C=Cc2cccc(CCC=O)c2)C(C)(C)CCC1. The van der Waals surface area contributed by atoms with E-state index in [1.165, 1.54) is 41.5 Å². The van der Waals surface area contributed by atoms with Gasteiger partial charge in [-0.3, -0.25) is 0 Å². The predicted octanol–water partition coefficient (Wildman–Crippen LogP) is 5.36. The third-order valence-electron chi connectivity index (χ3n) is 4.49. The number of carbonyl (C=O) groups is 1. The fourth-order valence-corrected chi connectivity index (χ4v) is 3.27. The topological polar surface area (TPSA) is 17.1 Å². The Hall–Kier alpha value is -1.63. The van der Waals surface area contributed by atoms with E-state index in [4.69, 9.17) is 0 Å². The van der Waals surface area contributed by atoms with E-state index >= 15 is 0 Å². The lowest BCUT2D eigenvalue weighted by Crippen LogP contribution is -2.18. The summed E-state index contributed by atoms with van der Waals surface area (Å²) in [5, 5.41) is 0. The minimum Gasteiger partial charge on any atom is -0.303 e. The molecule has 0 saturated carbocycles. The van der Waals surface area contributed by atoms with Gasteiger partial charge in [-0.15, -0.1) is 0 Å². The van der Waals surface area contributed by atoms with Crippen molar-refractivity contribution < 1.29 is 4.79 Å². The predicted molar refractivity (Wildman–Crippen MR) is 90.2 cm³/mol. The Morgan fingerprint density at radius 1 is 1.24 bits per heavy atom. The van der Waals surface area contributed by atoms with Gasteiger partial charge in [-0.05, 0) is 54.7 Å². The molecule has 2 rings (SSSR count). The average Bonchev–Trinajstić information content (AvgIpc) is 2.44. The largest absolute Gasteiger partial charge is 0.303 e. The van der Waals surface area contributed by atoms with Crippen molar-refractivity contribution in [1.82, 2.24) is 0 Å². The lowest BCUT2D eigenvalue weighted by atomic mass is 9.72. The number of carbonyl (C=O) groups excluding carboxylic acids is 1. The van der Waals surface area contributed by atoms with Gasteiger partial charge in [0.25, 0.3) is 0 Å².